The molecular weight excluding hydrogens is 286 g/mol. The Balaban J connectivity index is 1.66. The first-order valence-corrected chi connectivity index (χ1v) is 8.91. The zero-order valence-corrected chi connectivity index (χ0v) is 14.2. The summed E-state index contributed by atoms with van der Waals surface area (Å²) in [7, 11) is 0. The second kappa shape index (κ2) is 7.31. The predicted octanol–water partition coefficient (Wildman–Crippen LogP) is 4.27. The molecule has 0 spiro atoms. The van der Waals surface area contributed by atoms with E-state index in [9.17, 15) is 4.79 Å². The summed E-state index contributed by atoms with van der Waals surface area (Å²) in [5.41, 5.74) is 2.68. The van der Waals surface area contributed by atoms with E-state index in [1.54, 1.807) is 6.26 Å². The Kier molecular flexibility index (Phi) is 5.16. The van der Waals surface area contributed by atoms with Crippen LogP contribution in [0.5, 0.6) is 0 Å². The molecule has 1 heterocycles. The minimum absolute atomic E-state index is 0.103. The third kappa shape index (κ3) is 3.84. The summed E-state index contributed by atoms with van der Waals surface area (Å²) >= 11 is 0. The fourth-order valence-corrected chi connectivity index (χ4v) is 3.50. The van der Waals surface area contributed by atoms with Crippen molar-refractivity contribution in [3.8, 4) is 0 Å². The van der Waals surface area contributed by atoms with Crippen LogP contribution in [0.3, 0.4) is 0 Å². The molecule has 0 unspecified atom stereocenters. The molecule has 1 aliphatic rings. The molecule has 3 heteroatoms. The average molecular weight is 313 g/mol. The lowest BCUT2D eigenvalue weighted by Crippen LogP contribution is -2.27. The fourth-order valence-electron chi connectivity index (χ4n) is 3.50. The van der Waals surface area contributed by atoms with Gasteiger partial charge in [0.2, 0.25) is 0 Å². The standard InChI is InChI=1S/C20H27NO2/c1-3-15-8-9-19-18(10-15)20(22)17(13-23-19)12-21-11-16-6-4-14(2)5-7-16/h8-10,13-14,16,21H,3-7,11-12H2,1-2H3. The lowest BCUT2D eigenvalue weighted by molar-refractivity contribution is 0.281. The van der Waals surface area contributed by atoms with Crippen LogP contribution in [-0.4, -0.2) is 6.54 Å². The summed E-state index contributed by atoms with van der Waals surface area (Å²) in [6.45, 7) is 6.04. The molecule has 0 atom stereocenters. The van der Waals surface area contributed by atoms with Crippen molar-refractivity contribution < 1.29 is 4.42 Å². The van der Waals surface area contributed by atoms with Crippen molar-refractivity contribution in [3.63, 3.8) is 0 Å². The largest absolute Gasteiger partial charge is 0.464 e. The maximum absolute atomic E-state index is 12.6. The molecule has 3 rings (SSSR count). The first kappa shape index (κ1) is 16.3. The number of hydrogen-bond acceptors (Lipinski definition) is 3. The van der Waals surface area contributed by atoms with Gasteiger partial charge in [-0.3, -0.25) is 4.79 Å². The molecule has 0 radical (unpaired) electrons. The number of rotatable bonds is 5. The van der Waals surface area contributed by atoms with Gasteiger partial charge in [-0.05, 0) is 55.3 Å². The Bertz CT molecular complexity index is 711. The van der Waals surface area contributed by atoms with Crippen molar-refractivity contribution in [2.24, 2.45) is 11.8 Å². The van der Waals surface area contributed by atoms with Gasteiger partial charge in [0, 0.05) is 12.1 Å². The normalized spacial score (nSPS) is 21.7. The second-order valence-electron chi connectivity index (χ2n) is 7.03. The summed E-state index contributed by atoms with van der Waals surface area (Å²) < 4.78 is 5.64. The summed E-state index contributed by atoms with van der Waals surface area (Å²) in [5.74, 6) is 1.64. The number of aryl methyl sites for hydroxylation is 1. The van der Waals surface area contributed by atoms with E-state index < -0.39 is 0 Å². The van der Waals surface area contributed by atoms with Gasteiger partial charge in [0.15, 0.2) is 5.43 Å². The van der Waals surface area contributed by atoms with E-state index in [0.717, 1.165) is 30.4 Å². The quantitative estimate of drug-likeness (QED) is 0.896. The Morgan fingerprint density at radius 3 is 2.74 bits per heavy atom. The van der Waals surface area contributed by atoms with E-state index in [1.807, 2.05) is 18.2 Å². The van der Waals surface area contributed by atoms with Gasteiger partial charge in [-0.1, -0.05) is 32.8 Å². The van der Waals surface area contributed by atoms with E-state index in [1.165, 1.54) is 31.2 Å². The highest BCUT2D eigenvalue weighted by Crippen LogP contribution is 2.27. The SMILES string of the molecule is CCc1ccc2occ(CNCC3CCC(C)CC3)c(=O)c2c1. The van der Waals surface area contributed by atoms with Crippen LogP contribution in [0.2, 0.25) is 0 Å². The van der Waals surface area contributed by atoms with Crippen LogP contribution < -0.4 is 10.7 Å². The monoisotopic (exact) mass is 313 g/mol. The van der Waals surface area contributed by atoms with Gasteiger partial charge in [0.25, 0.3) is 0 Å². The highest BCUT2D eigenvalue weighted by atomic mass is 16.3. The van der Waals surface area contributed by atoms with Gasteiger partial charge in [-0.25, -0.2) is 0 Å². The maximum atomic E-state index is 12.6. The van der Waals surface area contributed by atoms with Gasteiger partial charge >= 0.3 is 0 Å². The van der Waals surface area contributed by atoms with Gasteiger partial charge in [0.05, 0.1) is 11.6 Å². The third-order valence-electron chi connectivity index (χ3n) is 5.20. The summed E-state index contributed by atoms with van der Waals surface area (Å²) in [5, 5.41) is 4.16. The van der Waals surface area contributed by atoms with Crippen LogP contribution >= 0.6 is 0 Å². The van der Waals surface area contributed by atoms with E-state index in [0.29, 0.717) is 17.5 Å². The molecule has 0 saturated heterocycles. The van der Waals surface area contributed by atoms with Crippen LogP contribution in [0.15, 0.2) is 33.7 Å². The van der Waals surface area contributed by atoms with E-state index in [2.05, 4.69) is 19.2 Å². The van der Waals surface area contributed by atoms with Gasteiger partial charge in [-0.2, -0.15) is 0 Å². The van der Waals surface area contributed by atoms with E-state index in [-0.39, 0.29) is 5.43 Å². The smallest absolute Gasteiger partial charge is 0.197 e. The van der Waals surface area contributed by atoms with Gasteiger partial charge in [-0.15, -0.1) is 0 Å². The average Bonchev–Trinajstić information content (AvgIpc) is 2.58. The van der Waals surface area contributed by atoms with Crippen LogP contribution in [0.1, 0.15) is 50.7 Å². The Hall–Kier alpha value is -1.61. The Labute approximate surface area is 138 Å². The number of benzene rings is 1. The third-order valence-corrected chi connectivity index (χ3v) is 5.20. The van der Waals surface area contributed by atoms with Crippen molar-refractivity contribution in [1.29, 1.82) is 0 Å². The fraction of sp³-hybridized carbons (Fsp3) is 0.550. The minimum atomic E-state index is 0.103. The molecule has 0 aliphatic heterocycles. The minimum Gasteiger partial charge on any atom is -0.464 e. The maximum Gasteiger partial charge on any atom is 0.197 e. The Morgan fingerprint density at radius 2 is 2.00 bits per heavy atom. The molecule has 1 aromatic heterocycles. The van der Waals surface area contributed by atoms with Crippen LogP contribution in [0.25, 0.3) is 11.0 Å². The summed E-state index contributed by atoms with van der Waals surface area (Å²) in [4.78, 5) is 12.6. The van der Waals surface area contributed by atoms with Crippen LogP contribution in [-0.2, 0) is 13.0 Å². The van der Waals surface area contributed by atoms with Crippen LogP contribution in [0.4, 0.5) is 0 Å². The molecule has 1 saturated carbocycles. The molecule has 1 aromatic carbocycles. The second-order valence-corrected chi connectivity index (χ2v) is 7.03. The van der Waals surface area contributed by atoms with Gasteiger partial charge in [0.1, 0.15) is 5.58 Å². The topological polar surface area (TPSA) is 42.2 Å². The molecule has 124 valence electrons. The molecular formula is C20H27NO2. The predicted molar refractivity (Wildman–Crippen MR) is 94.7 cm³/mol. The lowest BCUT2D eigenvalue weighted by atomic mass is 9.83. The zero-order valence-electron chi connectivity index (χ0n) is 14.2. The molecule has 1 aliphatic carbocycles. The number of nitrogens with one attached hydrogen (secondary N) is 1. The van der Waals surface area contributed by atoms with Crippen molar-refractivity contribution in [1.82, 2.24) is 5.32 Å². The summed E-state index contributed by atoms with van der Waals surface area (Å²) in [6.07, 6.45) is 7.83. The molecule has 1 N–H and O–H groups in total. The van der Waals surface area contributed by atoms with Crippen molar-refractivity contribution in [3.05, 3.63) is 45.8 Å². The molecule has 2 aromatic rings. The van der Waals surface area contributed by atoms with Crippen molar-refractivity contribution in [2.45, 2.75) is 52.5 Å². The zero-order chi connectivity index (χ0) is 16.2. The van der Waals surface area contributed by atoms with Crippen LogP contribution in [0, 0.1) is 11.8 Å². The molecule has 23 heavy (non-hydrogen) atoms. The van der Waals surface area contributed by atoms with Crippen molar-refractivity contribution >= 4 is 11.0 Å². The van der Waals surface area contributed by atoms with Gasteiger partial charge < -0.3 is 9.73 Å². The number of fused-ring (bicyclic) bond motifs is 1. The molecule has 1 fully saturated rings. The van der Waals surface area contributed by atoms with E-state index >= 15 is 0 Å². The summed E-state index contributed by atoms with van der Waals surface area (Å²) in [6, 6.07) is 5.89. The van der Waals surface area contributed by atoms with Crippen molar-refractivity contribution in [2.75, 3.05) is 6.54 Å². The molecule has 0 bridgehead atoms. The molecule has 3 nitrogen and oxygen atoms in total. The van der Waals surface area contributed by atoms with E-state index in [4.69, 9.17) is 4.42 Å². The highest BCUT2D eigenvalue weighted by molar-refractivity contribution is 5.77. The number of hydrogen-bond donors (Lipinski definition) is 1. The Morgan fingerprint density at radius 1 is 1.22 bits per heavy atom. The first-order valence-electron chi connectivity index (χ1n) is 8.91. The first-order chi connectivity index (χ1) is 11.2. The highest BCUT2D eigenvalue weighted by Gasteiger charge is 2.17. The lowest BCUT2D eigenvalue weighted by Gasteiger charge is -2.26. The molecule has 0 amide bonds.